The lowest BCUT2D eigenvalue weighted by Crippen LogP contribution is -2.67. The maximum Gasteiger partial charge on any atom is 0.397 e. The molecule has 0 heterocycles. The Balaban J connectivity index is 1.49. The zero-order chi connectivity index (χ0) is 31.3. The molecule has 0 saturated heterocycles. The molecule has 3 N–H and O–H groups in total. The highest BCUT2D eigenvalue weighted by Crippen LogP contribution is 2.77. The number of carbonyl (C=O) groups is 1. The first-order valence-electron chi connectivity index (χ1n) is 15.6. The average molecular weight is 635 g/mol. The summed E-state index contributed by atoms with van der Waals surface area (Å²) >= 11 is 0. The van der Waals surface area contributed by atoms with E-state index in [0.29, 0.717) is 31.6 Å². The maximum atomic E-state index is 13.0. The third-order valence-electron chi connectivity index (χ3n) is 14.3. The Bertz CT molecular complexity index is 1310. The van der Waals surface area contributed by atoms with Gasteiger partial charge in [-0.2, -0.15) is 16.8 Å². The van der Waals surface area contributed by atoms with Gasteiger partial charge in [0.05, 0.1) is 18.1 Å². The monoisotopic (exact) mass is 634 g/mol. The highest BCUT2D eigenvalue weighted by Gasteiger charge is 2.72. The molecule has 11 atom stereocenters. The number of fused-ring (bicyclic) bond motifs is 7. The van der Waals surface area contributed by atoms with Gasteiger partial charge in [-0.25, -0.2) is 8.37 Å². The minimum atomic E-state index is -4.59. The molecule has 5 rings (SSSR count). The van der Waals surface area contributed by atoms with Crippen LogP contribution in [0.5, 0.6) is 0 Å². The van der Waals surface area contributed by atoms with E-state index in [2.05, 4.69) is 34.6 Å². The van der Waals surface area contributed by atoms with Gasteiger partial charge in [0.25, 0.3) is 0 Å². The van der Waals surface area contributed by atoms with Crippen LogP contribution < -0.4 is 0 Å². The Morgan fingerprint density at radius 2 is 1.48 bits per heavy atom. The average Bonchev–Trinajstić information content (AvgIpc) is 3.25. The Hall–Kier alpha value is -0.790. The van der Waals surface area contributed by atoms with Crippen LogP contribution in [0.3, 0.4) is 0 Å². The molecule has 242 valence electrons. The Kier molecular flexibility index (Phi) is 7.84. The number of aliphatic carboxylic acids is 1. The second kappa shape index (κ2) is 10.1. The van der Waals surface area contributed by atoms with Crippen molar-refractivity contribution in [2.24, 2.45) is 62.6 Å². The first-order chi connectivity index (χ1) is 19.1. The second-order valence-electron chi connectivity index (χ2n) is 15.9. The molecule has 0 amide bonds. The molecule has 0 aromatic rings. The van der Waals surface area contributed by atoms with E-state index in [-0.39, 0.29) is 52.4 Å². The van der Waals surface area contributed by atoms with Crippen LogP contribution in [-0.4, -0.2) is 49.7 Å². The second-order valence-corrected chi connectivity index (χ2v) is 18.1. The first kappa shape index (κ1) is 32.6. The van der Waals surface area contributed by atoms with Crippen molar-refractivity contribution in [2.45, 2.75) is 112 Å². The van der Waals surface area contributed by atoms with Gasteiger partial charge in [0.1, 0.15) is 0 Å². The summed E-state index contributed by atoms with van der Waals surface area (Å²) in [4.78, 5) is 13.0. The summed E-state index contributed by atoms with van der Waals surface area (Å²) in [7, 11) is -9.15. The molecule has 5 aliphatic rings. The number of rotatable bonds is 7. The smallest absolute Gasteiger partial charge is 0.397 e. The minimum Gasteiger partial charge on any atom is -0.481 e. The van der Waals surface area contributed by atoms with Gasteiger partial charge in [-0.05, 0) is 121 Å². The van der Waals surface area contributed by atoms with Gasteiger partial charge in [-0.3, -0.25) is 13.9 Å². The van der Waals surface area contributed by atoms with Crippen LogP contribution in [0.15, 0.2) is 0 Å². The molecule has 0 aliphatic heterocycles. The van der Waals surface area contributed by atoms with Gasteiger partial charge in [-0.15, -0.1) is 0 Å². The molecular weight excluding hydrogens is 584 g/mol. The highest BCUT2D eigenvalue weighted by molar-refractivity contribution is 7.81. The molecule has 12 heteroatoms. The van der Waals surface area contributed by atoms with Crippen LogP contribution >= 0.6 is 0 Å². The Morgan fingerprint density at radius 1 is 0.810 bits per heavy atom. The van der Waals surface area contributed by atoms with E-state index in [9.17, 15) is 35.8 Å². The predicted molar refractivity (Wildman–Crippen MR) is 155 cm³/mol. The topological polar surface area (TPSA) is 164 Å². The van der Waals surface area contributed by atoms with Crippen molar-refractivity contribution < 1.29 is 44.2 Å². The van der Waals surface area contributed by atoms with E-state index in [1.165, 1.54) is 0 Å². The fourth-order valence-corrected chi connectivity index (χ4v) is 13.3. The standard InChI is InChI=1S/C30H50O10S2/c1-18(17-39-41(33,34)35)19-9-14-30(25(31)32)16-15-28(5)20(24(19)30)7-8-22-27(4)12-11-23(40-42(36,37)38)26(2,3)21(27)10-13-29(22,28)6/h18-24H,7-17H2,1-6H3,(H,31,32)(H,33,34,35)(H,36,37,38)/t18?,19?,20?,21?,22?,23-,24?,27-,28+,29+,30-/m0/s1. The molecule has 0 bridgehead atoms. The fraction of sp³-hybridized carbons (Fsp3) is 0.967. The van der Waals surface area contributed by atoms with Crippen LogP contribution in [0.1, 0.15) is 106 Å². The van der Waals surface area contributed by atoms with Crippen LogP contribution in [0.25, 0.3) is 0 Å². The molecule has 5 fully saturated rings. The van der Waals surface area contributed by atoms with Gasteiger partial charge in [0.15, 0.2) is 0 Å². The lowest BCUT2D eigenvalue weighted by molar-refractivity contribution is -0.248. The van der Waals surface area contributed by atoms with Crippen molar-refractivity contribution in [1.29, 1.82) is 0 Å². The van der Waals surface area contributed by atoms with Crippen molar-refractivity contribution in [1.82, 2.24) is 0 Å². The lowest BCUT2D eigenvalue weighted by atomic mass is 9.32. The first-order valence-corrected chi connectivity index (χ1v) is 18.4. The largest absolute Gasteiger partial charge is 0.481 e. The third-order valence-corrected chi connectivity index (χ3v) is 15.2. The molecule has 0 aromatic carbocycles. The molecule has 0 spiro atoms. The molecule has 5 aliphatic carbocycles. The number of carboxylic acid groups (broad SMARTS) is 1. The van der Waals surface area contributed by atoms with Gasteiger partial charge in [0.2, 0.25) is 0 Å². The maximum absolute atomic E-state index is 13.0. The Morgan fingerprint density at radius 3 is 2.07 bits per heavy atom. The normalized spacial score (nSPS) is 47.4. The van der Waals surface area contributed by atoms with Crippen molar-refractivity contribution in [3.63, 3.8) is 0 Å². The van der Waals surface area contributed by atoms with Gasteiger partial charge in [-0.1, -0.05) is 41.5 Å². The quantitative estimate of drug-likeness (QED) is 0.292. The van der Waals surface area contributed by atoms with E-state index in [1.807, 2.05) is 6.92 Å². The van der Waals surface area contributed by atoms with E-state index < -0.39 is 43.7 Å². The number of carboxylic acids is 1. The van der Waals surface area contributed by atoms with Crippen LogP contribution in [-0.2, 0) is 34.0 Å². The van der Waals surface area contributed by atoms with Gasteiger partial charge < -0.3 is 5.11 Å². The van der Waals surface area contributed by atoms with Crippen molar-refractivity contribution in [3.05, 3.63) is 0 Å². The molecule has 10 nitrogen and oxygen atoms in total. The predicted octanol–water partition coefficient (Wildman–Crippen LogP) is 5.80. The summed E-state index contributed by atoms with van der Waals surface area (Å²) in [5.74, 6) is -0.355. The molecule has 6 unspecified atom stereocenters. The SMILES string of the molecule is CC(COS(=O)(=O)O)C1CC[C@]2(C(=O)O)CC[C@]3(C)C(CCC4[C@@]5(C)CC[C@H](OS(=O)(=O)O)C(C)(C)C5CC[C@]43C)C12. The summed E-state index contributed by atoms with van der Waals surface area (Å²) in [5.41, 5.74) is -1.52. The zero-order valence-electron chi connectivity index (χ0n) is 25.8. The van der Waals surface area contributed by atoms with Crippen LogP contribution in [0, 0.1) is 62.6 Å². The van der Waals surface area contributed by atoms with Gasteiger partial charge in [0, 0.05) is 0 Å². The summed E-state index contributed by atoms with van der Waals surface area (Å²) in [5, 5.41) is 10.6. The third kappa shape index (κ3) is 4.80. The molecular formula is C30H50O10S2. The van der Waals surface area contributed by atoms with Crippen molar-refractivity contribution in [3.8, 4) is 0 Å². The Labute approximate surface area is 251 Å². The van der Waals surface area contributed by atoms with E-state index in [1.54, 1.807) is 0 Å². The molecule has 0 radical (unpaired) electrons. The molecule has 0 aromatic heterocycles. The minimum absolute atomic E-state index is 0.0218. The van der Waals surface area contributed by atoms with Crippen LogP contribution in [0.4, 0.5) is 0 Å². The fourth-order valence-electron chi connectivity index (χ4n) is 12.3. The number of hydrogen-bond donors (Lipinski definition) is 3. The zero-order valence-corrected chi connectivity index (χ0v) is 27.5. The summed E-state index contributed by atoms with van der Waals surface area (Å²) in [6, 6.07) is 0. The lowest BCUT2D eigenvalue weighted by Gasteiger charge is -2.72. The molecule has 42 heavy (non-hydrogen) atoms. The highest BCUT2D eigenvalue weighted by atomic mass is 32.3. The van der Waals surface area contributed by atoms with E-state index in [4.69, 9.17) is 8.37 Å². The molecule has 5 saturated carbocycles. The summed E-state index contributed by atoms with van der Waals surface area (Å²) < 4.78 is 74.8. The van der Waals surface area contributed by atoms with E-state index >= 15 is 0 Å². The van der Waals surface area contributed by atoms with E-state index in [0.717, 1.165) is 38.5 Å². The summed E-state index contributed by atoms with van der Waals surface area (Å²) in [6.07, 6.45) is 7.17. The number of hydrogen-bond acceptors (Lipinski definition) is 7. The van der Waals surface area contributed by atoms with Gasteiger partial charge >= 0.3 is 26.8 Å². The van der Waals surface area contributed by atoms with Crippen molar-refractivity contribution in [2.75, 3.05) is 6.61 Å². The van der Waals surface area contributed by atoms with Crippen molar-refractivity contribution >= 4 is 26.8 Å². The van der Waals surface area contributed by atoms with Crippen LogP contribution in [0.2, 0.25) is 0 Å². The summed E-state index contributed by atoms with van der Waals surface area (Å²) in [6.45, 7) is 13.1.